The van der Waals surface area contributed by atoms with Crippen molar-refractivity contribution in [3.63, 3.8) is 0 Å². The molecule has 0 bridgehead atoms. The van der Waals surface area contributed by atoms with Gasteiger partial charge in [0.25, 0.3) is 0 Å². The van der Waals surface area contributed by atoms with Crippen LogP contribution in [0.2, 0.25) is 0 Å². The Bertz CT molecular complexity index is 902. The highest BCUT2D eigenvalue weighted by Crippen LogP contribution is 2.42. The molecule has 2 aliphatic heterocycles. The SMILES string of the molecule is COc1cc2c(cc1OC)C(c1cccs1)N(C(=O)NCC1CNC(=O)O1)CC2. The number of ether oxygens (including phenoxy) is 3. The van der Waals surface area contributed by atoms with Gasteiger partial charge < -0.3 is 29.7 Å². The van der Waals surface area contributed by atoms with E-state index in [4.69, 9.17) is 14.2 Å². The molecule has 2 unspecified atom stereocenters. The third-order valence-corrected chi connectivity index (χ3v) is 6.10. The molecule has 1 aromatic heterocycles. The maximum Gasteiger partial charge on any atom is 0.407 e. The Morgan fingerprint density at radius 2 is 2.14 bits per heavy atom. The number of rotatable bonds is 5. The first kappa shape index (κ1) is 19.4. The molecular weight excluding hydrogens is 394 g/mol. The third kappa shape index (κ3) is 3.82. The molecule has 1 aromatic carbocycles. The van der Waals surface area contributed by atoms with Gasteiger partial charge in [0.2, 0.25) is 0 Å². The van der Waals surface area contributed by atoms with E-state index in [2.05, 4.69) is 10.6 Å². The van der Waals surface area contributed by atoms with Crippen LogP contribution in [0.25, 0.3) is 0 Å². The molecule has 0 radical (unpaired) electrons. The number of fused-ring (bicyclic) bond motifs is 1. The number of nitrogens with zero attached hydrogens (tertiary/aromatic N) is 1. The van der Waals surface area contributed by atoms with Crippen molar-refractivity contribution in [1.29, 1.82) is 0 Å². The maximum atomic E-state index is 13.0. The van der Waals surface area contributed by atoms with E-state index in [1.54, 1.807) is 25.6 Å². The fraction of sp³-hybridized carbons (Fsp3) is 0.400. The second kappa shape index (κ2) is 8.20. The first-order valence-corrected chi connectivity index (χ1v) is 10.3. The van der Waals surface area contributed by atoms with Gasteiger partial charge in [0, 0.05) is 11.4 Å². The number of amides is 3. The van der Waals surface area contributed by atoms with Gasteiger partial charge >= 0.3 is 12.1 Å². The number of alkyl carbamates (subject to hydrolysis) is 1. The maximum absolute atomic E-state index is 13.0. The summed E-state index contributed by atoms with van der Waals surface area (Å²) in [6.07, 6.45) is -0.0907. The highest BCUT2D eigenvalue weighted by Gasteiger charge is 2.34. The number of benzene rings is 1. The van der Waals surface area contributed by atoms with Crippen molar-refractivity contribution in [2.24, 2.45) is 0 Å². The van der Waals surface area contributed by atoms with E-state index < -0.39 is 6.09 Å². The molecule has 2 aliphatic rings. The lowest BCUT2D eigenvalue weighted by Gasteiger charge is -2.37. The average Bonchev–Trinajstić information content (AvgIpc) is 3.41. The fourth-order valence-corrected chi connectivity index (χ4v) is 4.62. The number of hydrogen-bond acceptors (Lipinski definition) is 6. The molecule has 4 rings (SSSR count). The van der Waals surface area contributed by atoms with Gasteiger partial charge in [0.1, 0.15) is 6.10 Å². The van der Waals surface area contributed by atoms with E-state index in [1.165, 1.54) is 0 Å². The summed E-state index contributed by atoms with van der Waals surface area (Å²) in [5.74, 6) is 1.32. The second-order valence-electron chi connectivity index (χ2n) is 6.86. The second-order valence-corrected chi connectivity index (χ2v) is 7.84. The van der Waals surface area contributed by atoms with Gasteiger partial charge in [-0.05, 0) is 41.1 Å². The Hall–Kier alpha value is -2.94. The van der Waals surface area contributed by atoms with Crippen molar-refractivity contribution in [2.75, 3.05) is 33.9 Å². The van der Waals surface area contributed by atoms with Crippen LogP contribution in [0.15, 0.2) is 29.6 Å². The Labute approximate surface area is 172 Å². The normalized spacial score (nSPS) is 20.5. The third-order valence-electron chi connectivity index (χ3n) is 5.18. The van der Waals surface area contributed by atoms with Gasteiger partial charge in [-0.2, -0.15) is 0 Å². The molecule has 0 aliphatic carbocycles. The molecule has 2 N–H and O–H groups in total. The Kier molecular flexibility index (Phi) is 5.48. The molecule has 29 heavy (non-hydrogen) atoms. The molecule has 8 nitrogen and oxygen atoms in total. The number of urea groups is 1. The zero-order chi connectivity index (χ0) is 20.4. The van der Waals surface area contributed by atoms with Crippen molar-refractivity contribution in [1.82, 2.24) is 15.5 Å². The van der Waals surface area contributed by atoms with Gasteiger partial charge in [-0.15, -0.1) is 11.3 Å². The molecule has 154 valence electrons. The fourth-order valence-electron chi connectivity index (χ4n) is 3.77. The minimum atomic E-state index is -0.450. The largest absolute Gasteiger partial charge is 0.493 e. The molecule has 0 spiro atoms. The van der Waals surface area contributed by atoms with E-state index >= 15 is 0 Å². The van der Waals surface area contributed by atoms with Crippen LogP contribution in [0.5, 0.6) is 11.5 Å². The summed E-state index contributed by atoms with van der Waals surface area (Å²) in [5.41, 5.74) is 2.17. The van der Waals surface area contributed by atoms with Crippen LogP contribution in [-0.4, -0.2) is 57.0 Å². The molecule has 2 atom stereocenters. The number of carbonyl (C=O) groups is 2. The number of thiophene rings is 1. The Morgan fingerprint density at radius 3 is 2.79 bits per heavy atom. The predicted molar refractivity (Wildman–Crippen MR) is 108 cm³/mol. The standard InChI is InChI=1S/C20H23N3O5S/c1-26-15-8-12-5-6-23(19(24)21-10-13-11-22-20(25)28-13)18(17-4-3-7-29-17)14(12)9-16(15)27-2/h3-4,7-9,13,18H,5-6,10-11H2,1-2H3,(H,21,24)(H,22,25). The lowest BCUT2D eigenvalue weighted by Crippen LogP contribution is -2.47. The van der Waals surface area contributed by atoms with E-state index in [0.717, 1.165) is 16.0 Å². The highest BCUT2D eigenvalue weighted by atomic mass is 32.1. The lowest BCUT2D eigenvalue weighted by molar-refractivity contribution is 0.135. The molecule has 1 saturated heterocycles. The van der Waals surface area contributed by atoms with Crippen molar-refractivity contribution < 1.29 is 23.8 Å². The minimum Gasteiger partial charge on any atom is -0.493 e. The van der Waals surface area contributed by atoms with Crippen molar-refractivity contribution >= 4 is 23.5 Å². The van der Waals surface area contributed by atoms with Crippen molar-refractivity contribution in [3.05, 3.63) is 45.6 Å². The zero-order valence-electron chi connectivity index (χ0n) is 16.3. The number of nitrogens with one attached hydrogen (secondary N) is 2. The predicted octanol–water partition coefficient (Wildman–Crippen LogP) is 2.53. The van der Waals surface area contributed by atoms with Crippen molar-refractivity contribution in [3.8, 4) is 11.5 Å². The monoisotopic (exact) mass is 417 g/mol. The first-order chi connectivity index (χ1) is 14.1. The number of methoxy groups -OCH3 is 2. The van der Waals surface area contributed by atoms with Gasteiger partial charge in [0.15, 0.2) is 11.5 Å². The van der Waals surface area contributed by atoms with Crippen LogP contribution in [-0.2, 0) is 11.2 Å². The lowest BCUT2D eigenvalue weighted by atomic mass is 9.91. The van der Waals surface area contributed by atoms with Crippen molar-refractivity contribution in [2.45, 2.75) is 18.6 Å². The summed E-state index contributed by atoms with van der Waals surface area (Å²) in [7, 11) is 3.23. The summed E-state index contributed by atoms with van der Waals surface area (Å²) >= 11 is 1.61. The van der Waals surface area contributed by atoms with Crippen LogP contribution in [0.4, 0.5) is 9.59 Å². The molecular formula is C20H23N3O5S. The average molecular weight is 417 g/mol. The first-order valence-electron chi connectivity index (χ1n) is 9.38. The van der Waals surface area contributed by atoms with E-state index in [1.807, 2.05) is 34.5 Å². The summed E-state index contributed by atoms with van der Waals surface area (Å²) in [4.78, 5) is 27.1. The molecule has 1 fully saturated rings. The molecule has 3 amide bonds. The number of cyclic esters (lactones) is 1. The van der Waals surface area contributed by atoms with E-state index in [-0.39, 0.29) is 24.7 Å². The van der Waals surface area contributed by atoms with Gasteiger partial charge in [0.05, 0.1) is 33.4 Å². The topological polar surface area (TPSA) is 89.1 Å². The quantitative estimate of drug-likeness (QED) is 0.781. The number of hydrogen-bond donors (Lipinski definition) is 2. The van der Waals surface area contributed by atoms with Crippen LogP contribution in [0.1, 0.15) is 22.0 Å². The summed E-state index contributed by atoms with van der Waals surface area (Å²) < 4.78 is 16.0. The molecule has 3 heterocycles. The van der Waals surface area contributed by atoms with E-state index in [9.17, 15) is 9.59 Å². The molecule has 2 aromatic rings. The van der Waals surface area contributed by atoms with Crippen LogP contribution in [0, 0.1) is 0 Å². The van der Waals surface area contributed by atoms with Gasteiger partial charge in [-0.3, -0.25) is 0 Å². The van der Waals surface area contributed by atoms with Gasteiger partial charge in [-0.25, -0.2) is 9.59 Å². The van der Waals surface area contributed by atoms with Gasteiger partial charge in [-0.1, -0.05) is 6.07 Å². The van der Waals surface area contributed by atoms with Crippen LogP contribution in [0.3, 0.4) is 0 Å². The van der Waals surface area contributed by atoms with E-state index in [0.29, 0.717) is 31.0 Å². The smallest absolute Gasteiger partial charge is 0.407 e. The summed E-state index contributed by atoms with van der Waals surface area (Å²) in [5, 5.41) is 7.50. The Morgan fingerprint density at radius 1 is 1.34 bits per heavy atom. The minimum absolute atomic E-state index is 0.188. The highest BCUT2D eigenvalue weighted by molar-refractivity contribution is 7.10. The Balaban J connectivity index is 1.61. The summed E-state index contributed by atoms with van der Waals surface area (Å²) in [6.45, 7) is 1.23. The zero-order valence-corrected chi connectivity index (χ0v) is 17.1. The van der Waals surface area contributed by atoms with Crippen LogP contribution < -0.4 is 20.1 Å². The van der Waals surface area contributed by atoms with Crippen LogP contribution >= 0.6 is 11.3 Å². The molecule has 0 saturated carbocycles. The number of carbonyl (C=O) groups excluding carboxylic acids is 2. The molecule has 9 heteroatoms. The summed E-state index contributed by atoms with van der Waals surface area (Å²) in [6, 6.07) is 7.56.